The zero-order chi connectivity index (χ0) is 21.3. The fourth-order valence-corrected chi connectivity index (χ4v) is 3.40. The Morgan fingerprint density at radius 1 is 1.13 bits per heavy atom. The number of aromatic amines is 1. The van der Waals surface area contributed by atoms with Crippen LogP contribution < -0.4 is 21.5 Å². The number of rotatable bonds is 4. The van der Waals surface area contributed by atoms with E-state index in [1.165, 1.54) is 0 Å². The maximum absolute atomic E-state index is 12.8. The first-order chi connectivity index (χ1) is 14.4. The van der Waals surface area contributed by atoms with Gasteiger partial charge in [0.05, 0.1) is 11.5 Å². The number of anilines is 4. The molecule has 0 saturated heterocycles. The van der Waals surface area contributed by atoms with Crippen molar-refractivity contribution < 1.29 is 9.59 Å². The van der Waals surface area contributed by atoms with Crippen LogP contribution in [-0.2, 0) is 9.59 Å². The average Bonchev–Trinajstić information content (AvgIpc) is 2.69. The van der Waals surface area contributed by atoms with E-state index in [-0.39, 0.29) is 29.7 Å². The molecule has 4 rings (SSSR count). The monoisotopic (exact) mass is 423 g/mol. The normalized spacial score (nSPS) is 15.1. The summed E-state index contributed by atoms with van der Waals surface area (Å²) in [5.41, 5.74) is 1.85. The summed E-state index contributed by atoms with van der Waals surface area (Å²) in [4.78, 5) is 44.7. The molecule has 30 heavy (non-hydrogen) atoms. The van der Waals surface area contributed by atoms with Gasteiger partial charge in [-0.05, 0) is 48.9 Å². The lowest BCUT2D eigenvalue weighted by Gasteiger charge is -2.23. The summed E-state index contributed by atoms with van der Waals surface area (Å²) in [6, 6.07) is 14.1. The smallest absolute Gasteiger partial charge is 0.258 e. The van der Waals surface area contributed by atoms with Crippen molar-refractivity contribution >= 4 is 46.6 Å². The number of carbonyl (C=O) groups is 2. The summed E-state index contributed by atoms with van der Waals surface area (Å²) in [5, 5.41) is 8.88. The molecule has 0 aliphatic carbocycles. The summed E-state index contributed by atoms with van der Waals surface area (Å²) >= 11 is 5.88. The van der Waals surface area contributed by atoms with E-state index in [9.17, 15) is 14.4 Å². The van der Waals surface area contributed by atoms with Crippen LogP contribution in [0.15, 0.2) is 53.3 Å². The number of aromatic nitrogens is 2. The van der Waals surface area contributed by atoms with E-state index in [0.29, 0.717) is 16.4 Å². The number of carbonyl (C=O) groups excluding carboxylic acids is 2. The van der Waals surface area contributed by atoms with Crippen molar-refractivity contribution in [2.24, 2.45) is 0 Å². The van der Waals surface area contributed by atoms with Gasteiger partial charge in [0.15, 0.2) is 0 Å². The summed E-state index contributed by atoms with van der Waals surface area (Å²) in [6.07, 6.45) is -0.140. The van der Waals surface area contributed by atoms with Gasteiger partial charge in [0.2, 0.25) is 17.8 Å². The lowest BCUT2D eigenvalue weighted by molar-refractivity contribution is -0.123. The van der Waals surface area contributed by atoms with Crippen LogP contribution in [0.3, 0.4) is 0 Å². The molecule has 152 valence electrons. The van der Waals surface area contributed by atoms with Crippen molar-refractivity contribution in [1.29, 1.82) is 0 Å². The second-order valence-corrected chi connectivity index (χ2v) is 7.41. The standard InChI is InChI=1S/C21H18ClN5O3/c1-11-3-2-4-14(9-11)23-19(29)15-10-16(28)25-18-17(15)20(30)27-21(26-18)24-13-7-5-12(22)6-8-13/h2-9,15H,10H2,1H3,(H,23,29)(H3,24,25,26,27,28,30)/t15-/m0/s1. The molecule has 0 radical (unpaired) electrons. The van der Waals surface area contributed by atoms with Crippen LogP contribution in [0.25, 0.3) is 0 Å². The van der Waals surface area contributed by atoms with Crippen molar-refractivity contribution in [3.05, 3.63) is 75.0 Å². The van der Waals surface area contributed by atoms with Crippen molar-refractivity contribution in [2.75, 3.05) is 16.0 Å². The Balaban J connectivity index is 1.63. The van der Waals surface area contributed by atoms with Gasteiger partial charge in [-0.3, -0.25) is 19.4 Å². The molecule has 0 saturated carbocycles. The second-order valence-electron chi connectivity index (χ2n) is 6.97. The molecule has 0 spiro atoms. The van der Waals surface area contributed by atoms with E-state index < -0.39 is 17.4 Å². The fraction of sp³-hybridized carbons (Fsp3) is 0.143. The minimum Gasteiger partial charge on any atom is -0.326 e. The predicted octanol–water partition coefficient (Wildman–Crippen LogP) is 3.54. The highest BCUT2D eigenvalue weighted by atomic mass is 35.5. The highest BCUT2D eigenvalue weighted by Crippen LogP contribution is 2.30. The third kappa shape index (κ3) is 4.18. The lowest BCUT2D eigenvalue weighted by atomic mass is 9.92. The van der Waals surface area contributed by atoms with Gasteiger partial charge in [-0.1, -0.05) is 23.7 Å². The molecule has 1 aliphatic rings. The number of aryl methyl sites for hydroxylation is 1. The van der Waals surface area contributed by atoms with E-state index in [4.69, 9.17) is 11.6 Å². The number of amides is 2. The molecule has 1 aliphatic heterocycles. The van der Waals surface area contributed by atoms with Crippen molar-refractivity contribution in [3.63, 3.8) is 0 Å². The second kappa shape index (κ2) is 8.00. The molecule has 0 bridgehead atoms. The van der Waals surface area contributed by atoms with Crippen LogP contribution in [0.1, 0.15) is 23.5 Å². The Kier molecular flexibility index (Phi) is 5.24. The van der Waals surface area contributed by atoms with E-state index >= 15 is 0 Å². The van der Waals surface area contributed by atoms with Gasteiger partial charge >= 0.3 is 0 Å². The minimum absolute atomic E-state index is 0.0656. The minimum atomic E-state index is -0.949. The quantitative estimate of drug-likeness (QED) is 0.512. The fourth-order valence-electron chi connectivity index (χ4n) is 3.28. The topological polar surface area (TPSA) is 116 Å². The Labute approximate surface area is 176 Å². The highest BCUT2D eigenvalue weighted by molar-refractivity contribution is 6.30. The van der Waals surface area contributed by atoms with Crippen LogP contribution in [0, 0.1) is 6.92 Å². The number of hydrogen-bond donors (Lipinski definition) is 4. The molecule has 3 aromatic rings. The molecular formula is C21H18ClN5O3. The Bertz CT molecular complexity index is 1190. The predicted molar refractivity (Wildman–Crippen MR) is 115 cm³/mol. The number of halogens is 1. The molecule has 1 aromatic heterocycles. The number of nitrogens with zero attached hydrogens (tertiary/aromatic N) is 1. The Morgan fingerprint density at radius 3 is 2.63 bits per heavy atom. The zero-order valence-corrected chi connectivity index (χ0v) is 16.7. The van der Waals surface area contributed by atoms with Gasteiger partial charge in [0, 0.05) is 22.8 Å². The van der Waals surface area contributed by atoms with Crippen LogP contribution in [0.4, 0.5) is 23.1 Å². The molecule has 4 N–H and O–H groups in total. The highest BCUT2D eigenvalue weighted by Gasteiger charge is 2.34. The number of nitrogens with one attached hydrogen (secondary N) is 4. The molecular weight excluding hydrogens is 406 g/mol. The van der Waals surface area contributed by atoms with Gasteiger partial charge in [-0.25, -0.2) is 0 Å². The maximum Gasteiger partial charge on any atom is 0.258 e. The summed E-state index contributed by atoms with van der Waals surface area (Å²) in [5.74, 6) is -1.57. The Hall–Kier alpha value is -3.65. The van der Waals surface area contributed by atoms with Crippen LogP contribution >= 0.6 is 11.6 Å². The lowest BCUT2D eigenvalue weighted by Crippen LogP contribution is -2.36. The SMILES string of the molecule is Cc1cccc(NC(=O)[C@H]2CC(=O)Nc3nc(Nc4ccc(Cl)cc4)[nH]c(=O)c32)c1. The molecule has 1 atom stereocenters. The third-order valence-corrected chi connectivity index (χ3v) is 4.91. The van der Waals surface area contributed by atoms with Gasteiger partial charge in [-0.15, -0.1) is 0 Å². The molecule has 0 unspecified atom stereocenters. The van der Waals surface area contributed by atoms with Gasteiger partial charge in [0.1, 0.15) is 5.82 Å². The Morgan fingerprint density at radius 2 is 1.90 bits per heavy atom. The zero-order valence-electron chi connectivity index (χ0n) is 16.0. The molecule has 9 heteroatoms. The van der Waals surface area contributed by atoms with E-state index in [1.54, 1.807) is 30.3 Å². The van der Waals surface area contributed by atoms with Crippen molar-refractivity contribution in [2.45, 2.75) is 19.3 Å². The molecule has 2 amide bonds. The summed E-state index contributed by atoms with van der Waals surface area (Å²) in [7, 11) is 0. The number of benzene rings is 2. The average molecular weight is 424 g/mol. The van der Waals surface area contributed by atoms with Crippen LogP contribution in [0.2, 0.25) is 5.02 Å². The largest absolute Gasteiger partial charge is 0.326 e. The first kappa shape index (κ1) is 19.7. The number of fused-ring (bicyclic) bond motifs is 1. The van der Waals surface area contributed by atoms with Gasteiger partial charge in [0.25, 0.3) is 5.56 Å². The van der Waals surface area contributed by atoms with Crippen molar-refractivity contribution in [1.82, 2.24) is 9.97 Å². The van der Waals surface area contributed by atoms with Crippen LogP contribution in [0.5, 0.6) is 0 Å². The molecule has 2 aromatic carbocycles. The number of hydrogen-bond acceptors (Lipinski definition) is 5. The summed E-state index contributed by atoms with van der Waals surface area (Å²) < 4.78 is 0. The molecule has 2 heterocycles. The molecule has 8 nitrogen and oxygen atoms in total. The van der Waals surface area contributed by atoms with Crippen molar-refractivity contribution in [3.8, 4) is 0 Å². The third-order valence-electron chi connectivity index (χ3n) is 4.66. The van der Waals surface area contributed by atoms with Gasteiger partial charge < -0.3 is 16.0 Å². The first-order valence-electron chi connectivity index (χ1n) is 9.23. The van der Waals surface area contributed by atoms with E-state index in [2.05, 4.69) is 25.9 Å². The summed E-state index contributed by atoms with van der Waals surface area (Å²) in [6.45, 7) is 1.91. The van der Waals surface area contributed by atoms with E-state index in [1.807, 2.05) is 25.1 Å². The first-order valence-corrected chi connectivity index (χ1v) is 9.61. The van der Waals surface area contributed by atoms with Gasteiger partial charge in [-0.2, -0.15) is 4.98 Å². The molecule has 0 fully saturated rings. The maximum atomic E-state index is 12.8. The van der Waals surface area contributed by atoms with Crippen LogP contribution in [-0.4, -0.2) is 21.8 Å². The van der Waals surface area contributed by atoms with E-state index in [0.717, 1.165) is 5.56 Å². The number of H-pyrrole nitrogens is 1.